The average Bonchev–Trinajstić information content (AvgIpc) is 3.44. The highest BCUT2D eigenvalue weighted by molar-refractivity contribution is 6.10. The van der Waals surface area contributed by atoms with Gasteiger partial charge < -0.3 is 4.57 Å². The molecule has 198 valence electrons. The van der Waals surface area contributed by atoms with Crippen LogP contribution in [0.3, 0.4) is 0 Å². The Bertz CT molecular complexity index is 2040. The number of benzene rings is 4. The molecule has 1 unspecified atom stereocenters. The maximum absolute atomic E-state index is 4.38. The van der Waals surface area contributed by atoms with Gasteiger partial charge in [-0.15, -0.1) is 0 Å². The molecule has 2 aliphatic rings. The van der Waals surface area contributed by atoms with Crippen LogP contribution >= 0.6 is 0 Å². The molecule has 2 aliphatic carbocycles. The molecule has 0 amide bonds. The quantitative estimate of drug-likeness (QED) is 0.223. The Morgan fingerprint density at radius 1 is 0.659 bits per heavy atom. The van der Waals surface area contributed by atoms with Gasteiger partial charge in [-0.25, -0.2) is 0 Å². The first-order valence-electron chi connectivity index (χ1n) is 14.5. The summed E-state index contributed by atoms with van der Waals surface area (Å²) in [6, 6.07) is 37.7. The number of allylic oxidation sites excluding steroid dienone is 4. The number of pyridine rings is 1. The zero-order valence-electron chi connectivity index (χ0n) is 23.7. The summed E-state index contributed by atoms with van der Waals surface area (Å²) in [7, 11) is 0. The molecule has 0 N–H and O–H groups in total. The Kier molecular flexibility index (Phi) is 5.09. The number of nitrogens with zero attached hydrogens (tertiary/aromatic N) is 2. The minimum Gasteiger partial charge on any atom is -0.308 e. The Hall–Kier alpha value is -4.69. The van der Waals surface area contributed by atoms with E-state index in [4.69, 9.17) is 0 Å². The van der Waals surface area contributed by atoms with Gasteiger partial charge in [0.2, 0.25) is 0 Å². The number of aromatic nitrogens is 2. The summed E-state index contributed by atoms with van der Waals surface area (Å²) in [6.45, 7) is 7.19. The summed E-state index contributed by atoms with van der Waals surface area (Å²) in [5.41, 5.74) is 13.2. The van der Waals surface area contributed by atoms with E-state index in [0.717, 1.165) is 12.1 Å². The lowest BCUT2D eigenvalue weighted by Gasteiger charge is -2.35. The van der Waals surface area contributed by atoms with E-state index in [1.165, 1.54) is 60.8 Å². The molecule has 0 saturated carbocycles. The first-order chi connectivity index (χ1) is 19.9. The largest absolute Gasteiger partial charge is 0.308 e. The summed E-state index contributed by atoms with van der Waals surface area (Å²) < 4.78 is 2.31. The fraction of sp³-hybridized carbons (Fsp3) is 0.154. The van der Waals surface area contributed by atoms with Gasteiger partial charge in [0.15, 0.2) is 0 Å². The highest BCUT2D eigenvalue weighted by atomic mass is 15.0. The van der Waals surface area contributed by atoms with Gasteiger partial charge >= 0.3 is 0 Å². The van der Waals surface area contributed by atoms with Crippen molar-refractivity contribution in [3.8, 4) is 16.8 Å². The lowest BCUT2D eigenvalue weighted by molar-refractivity contribution is 0.513. The lowest BCUT2D eigenvalue weighted by Crippen LogP contribution is -2.28. The van der Waals surface area contributed by atoms with Crippen molar-refractivity contribution in [3.05, 3.63) is 150 Å². The molecular weight excluding hydrogens is 496 g/mol. The van der Waals surface area contributed by atoms with Gasteiger partial charge in [0.25, 0.3) is 0 Å². The van der Waals surface area contributed by atoms with Gasteiger partial charge in [-0.05, 0) is 75.7 Å². The molecule has 0 fully saturated rings. The Morgan fingerprint density at radius 2 is 1.37 bits per heavy atom. The highest BCUT2D eigenvalue weighted by Gasteiger charge is 2.49. The minimum atomic E-state index is 0.0369. The second kappa shape index (κ2) is 8.65. The van der Waals surface area contributed by atoms with Crippen molar-refractivity contribution in [1.29, 1.82) is 0 Å². The molecule has 4 aromatic carbocycles. The van der Waals surface area contributed by atoms with Crippen LogP contribution in [0, 0.1) is 0 Å². The smallest absolute Gasteiger partial charge is 0.0645 e. The summed E-state index contributed by atoms with van der Waals surface area (Å²) in [5, 5.41) is 2.51. The molecule has 2 heteroatoms. The second-order valence-electron chi connectivity index (χ2n) is 12.3. The van der Waals surface area contributed by atoms with Crippen LogP contribution in [0.25, 0.3) is 44.2 Å². The van der Waals surface area contributed by atoms with Crippen LogP contribution < -0.4 is 0 Å². The van der Waals surface area contributed by atoms with Crippen molar-refractivity contribution in [1.82, 2.24) is 9.55 Å². The molecule has 0 spiro atoms. The summed E-state index contributed by atoms with van der Waals surface area (Å²) >= 11 is 0. The molecule has 2 nitrogen and oxygen atoms in total. The fourth-order valence-corrected chi connectivity index (χ4v) is 7.55. The molecule has 8 rings (SSSR count). The van der Waals surface area contributed by atoms with E-state index in [1.54, 1.807) is 0 Å². The van der Waals surface area contributed by atoms with Crippen molar-refractivity contribution in [3.63, 3.8) is 0 Å². The Balaban J connectivity index is 1.17. The van der Waals surface area contributed by atoms with Crippen LogP contribution in [0.4, 0.5) is 0 Å². The normalized spacial score (nSPS) is 19.1. The molecule has 0 saturated heterocycles. The minimum absolute atomic E-state index is 0.0369. The van der Waals surface area contributed by atoms with Crippen molar-refractivity contribution in [2.75, 3.05) is 0 Å². The first-order valence-corrected chi connectivity index (χ1v) is 14.5. The van der Waals surface area contributed by atoms with Gasteiger partial charge in [-0.3, -0.25) is 4.98 Å². The number of para-hydroxylation sites is 1. The van der Waals surface area contributed by atoms with E-state index in [0.29, 0.717) is 0 Å². The van der Waals surface area contributed by atoms with Crippen molar-refractivity contribution in [2.45, 2.75) is 38.0 Å². The third kappa shape index (κ3) is 3.47. The molecule has 6 aromatic rings. The second-order valence-corrected chi connectivity index (χ2v) is 12.3. The molecule has 41 heavy (non-hydrogen) atoms. The zero-order chi connectivity index (χ0) is 27.8. The highest BCUT2D eigenvalue weighted by Crippen LogP contribution is 2.57. The van der Waals surface area contributed by atoms with Gasteiger partial charge in [0, 0.05) is 27.8 Å². The van der Waals surface area contributed by atoms with Crippen molar-refractivity contribution >= 4 is 27.4 Å². The van der Waals surface area contributed by atoms with E-state index in [2.05, 4.69) is 140 Å². The molecule has 0 bridgehead atoms. The molecule has 2 heterocycles. The summed E-state index contributed by atoms with van der Waals surface area (Å²) in [4.78, 5) is 4.38. The van der Waals surface area contributed by atoms with Crippen LogP contribution in [-0.4, -0.2) is 9.55 Å². The predicted octanol–water partition coefficient (Wildman–Crippen LogP) is 9.81. The SMILES string of the molecule is CC1(C)C2=CC(c3ccc(-c4ccc5c(c4)c4ccccc4n5-c4cccnc4)cc3)=CCC2(C)c2ccccc21. The van der Waals surface area contributed by atoms with E-state index < -0.39 is 0 Å². The van der Waals surface area contributed by atoms with Crippen molar-refractivity contribution in [2.24, 2.45) is 0 Å². The van der Waals surface area contributed by atoms with E-state index in [-0.39, 0.29) is 10.8 Å². The summed E-state index contributed by atoms with van der Waals surface area (Å²) in [5.74, 6) is 0. The maximum atomic E-state index is 4.38. The molecule has 0 aliphatic heterocycles. The molecule has 1 atom stereocenters. The Labute approximate surface area is 241 Å². The monoisotopic (exact) mass is 528 g/mol. The third-order valence-corrected chi connectivity index (χ3v) is 9.62. The predicted molar refractivity (Wildman–Crippen MR) is 172 cm³/mol. The van der Waals surface area contributed by atoms with Crippen LogP contribution in [0.1, 0.15) is 43.9 Å². The number of rotatable bonds is 3. The number of fused-ring (bicyclic) bond motifs is 6. The average molecular weight is 529 g/mol. The van der Waals surface area contributed by atoms with E-state index in [1.807, 2.05) is 18.5 Å². The van der Waals surface area contributed by atoms with Crippen LogP contribution in [-0.2, 0) is 10.8 Å². The Morgan fingerprint density at radius 3 is 2.17 bits per heavy atom. The maximum Gasteiger partial charge on any atom is 0.0645 e. The van der Waals surface area contributed by atoms with Crippen molar-refractivity contribution < 1.29 is 0 Å². The van der Waals surface area contributed by atoms with Gasteiger partial charge in [-0.1, -0.05) is 106 Å². The zero-order valence-corrected chi connectivity index (χ0v) is 23.7. The van der Waals surface area contributed by atoms with Gasteiger partial charge in [0.05, 0.1) is 22.9 Å². The van der Waals surface area contributed by atoms with E-state index >= 15 is 0 Å². The summed E-state index contributed by atoms with van der Waals surface area (Å²) in [6.07, 6.45) is 9.70. The number of hydrogen-bond acceptors (Lipinski definition) is 1. The molecule has 2 aromatic heterocycles. The topological polar surface area (TPSA) is 17.8 Å². The molecule has 0 radical (unpaired) electrons. The lowest BCUT2D eigenvalue weighted by atomic mass is 9.69. The van der Waals surface area contributed by atoms with Crippen LogP contribution in [0.5, 0.6) is 0 Å². The molecular formula is C39H32N2. The fourth-order valence-electron chi connectivity index (χ4n) is 7.55. The van der Waals surface area contributed by atoms with Gasteiger partial charge in [-0.2, -0.15) is 0 Å². The van der Waals surface area contributed by atoms with Crippen LogP contribution in [0.15, 0.2) is 133 Å². The van der Waals surface area contributed by atoms with Gasteiger partial charge in [0.1, 0.15) is 0 Å². The third-order valence-electron chi connectivity index (χ3n) is 9.62. The van der Waals surface area contributed by atoms with E-state index in [9.17, 15) is 0 Å². The van der Waals surface area contributed by atoms with Crippen LogP contribution in [0.2, 0.25) is 0 Å². The standard InChI is InChI=1S/C39H32N2/c1-38(2)33-11-5-6-12-34(33)39(3)21-20-29(24-37(38)39)27-16-14-26(15-17-27)28-18-19-36-32(23-28)31-10-4-7-13-35(31)41(36)30-9-8-22-40-25-30/h4-20,22-25H,21H2,1-3H3. The first kappa shape index (κ1) is 24.1. The number of hydrogen-bond donors (Lipinski definition) is 0.